The average Bonchev–Trinajstić information content (AvgIpc) is 3.29. The molecule has 3 aromatic rings. The number of nitrogens with zero attached hydrogens (tertiary/aromatic N) is 2. The van der Waals surface area contributed by atoms with Gasteiger partial charge in [0.2, 0.25) is 0 Å². The molecular formula is C25H22N4O4. The summed E-state index contributed by atoms with van der Waals surface area (Å²) in [7, 11) is 1.54. The number of ether oxygens (including phenoxy) is 1. The van der Waals surface area contributed by atoms with Gasteiger partial charge in [0.1, 0.15) is 5.75 Å². The number of urea groups is 1. The number of rotatable bonds is 5. The van der Waals surface area contributed by atoms with Crippen molar-refractivity contribution in [2.24, 2.45) is 0 Å². The van der Waals surface area contributed by atoms with Gasteiger partial charge >= 0.3 is 6.03 Å². The molecule has 3 heterocycles. The second-order valence-corrected chi connectivity index (χ2v) is 8.26. The quantitative estimate of drug-likeness (QED) is 0.592. The molecule has 2 aliphatic rings. The van der Waals surface area contributed by atoms with E-state index in [-0.39, 0.29) is 12.5 Å². The minimum absolute atomic E-state index is 0.00579. The smallest absolute Gasteiger partial charge is 0.322 e. The minimum Gasteiger partial charge on any atom is -0.497 e. The minimum atomic E-state index is -1.39. The van der Waals surface area contributed by atoms with Crippen molar-refractivity contribution < 1.29 is 19.1 Å². The molecule has 1 atom stereocenters. The van der Waals surface area contributed by atoms with E-state index < -0.39 is 17.5 Å². The van der Waals surface area contributed by atoms with Crippen molar-refractivity contribution in [2.45, 2.75) is 19.0 Å². The number of pyridine rings is 1. The van der Waals surface area contributed by atoms with E-state index in [0.29, 0.717) is 23.4 Å². The summed E-state index contributed by atoms with van der Waals surface area (Å²) in [6.07, 6.45) is 1.79. The predicted octanol–water partition coefficient (Wildman–Crippen LogP) is 2.76. The summed E-state index contributed by atoms with van der Waals surface area (Å²) in [6.45, 7) is 2.27. The van der Waals surface area contributed by atoms with E-state index >= 15 is 0 Å². The summed E-state index contributed by atoms with van der Waals surface area (Å²) in [5.74, 6) is -0.107. The molecule has 166 valence electrons. The summed E-state index contributed by atoms with van der Waals surface area (Å²) in [6, 6.07) is 16.0. The number of hydrogen-bond acceptors (Lipinski definition) is 5. The molecule has 0 spiro atoms. The third kappa shape index (κ3) is 3.49. The lowest BCUT2D eigenvalue weighted by atomic mass is 9.88. The van der Waals surface area contributed by atoms with Gasteiger partial charge in [0.25, 0.3) is 11.8 Å². The Morgan fingerprint density at radius 1 is 1.03 bits per heavy atom. The van der Waals surface area contributed by atoms with Crippen LogP contribution >= 0.6 is 0 Å². The number of imide groups is 1. The zero-order valence-corrected chi connectivity index (χ0v) is 18.2. The standard InChI is InChI=1S/C25H22N4O4/c1-15-3-4-17(12-26-15)16-5-8-19(9-6-16)25(23(31)27-24(32)28-25)14-29-13-18-7-10-20(33-2)11-21(18)22(29)30/h3-12H,13-14H2,1-2H3,(H2,27,28,31,32)/t25-/m0/s1. The van der Waals surface area contributed by atoms with Gasteiger partial charge in [-0.1, -0.05) is 36.4 Å². The molecule has 0 aliphatic carbocycles. The monoisotopic (exact) mass is 442 g/mol. The zero-order chi connectivity index (χ0) is 23.2. The van der Waals surface area contributed by atoms with E-state index in [4.69, 9.17) is 4.74 Å². The number of nitrogens with one attached hydrogen (secondary N) is 2. The van der Waals surface area contributed by atoms with Gasteiger partial charge in [0.15, 0.2) is 5.54 Å². The van der Waals surface area contributed by atoms with Crippen molar-refractivity contribution >= 4 is 17.8 Å². The van der Waals surface area contributed by atoms with Crippen molar-refractivity contribution in [3.63, 3.8) is 0 Å². The number of carbonyl (C=O) groups excluding carboxylic acids is 3. The Morgan fingerprint density at radius 3 is 2.42 bits per heavy atom. The molecule has 8 nitrogen and oxygen atoms in total. The van der Waals surface area contributed by atoms with Crippen LogP contribution < -0.4 is 15.4 Å². The van der Waals surface area contributed by atoms with Crippen LogP contribution in [-0.4, -0.2) is 41.4 Å². The molecule has 5 rings (SSSR count). The Labute approximate surface area is 190 Å². The van der Waals surface area contributed by atoms with Gasteiger partial charge in [-0.2, -0.15) is 0 Å². The molecule has 4 amide bonds. The van der Waals surface area contributed by atoms with Gasteiger partial charge in [-0.3, -0.25) is 19.9 Å². The Kier molecular flexibility index (Phi) is 4.85. The van der Waals surface area contributed by atoms with E-state index in [1.165, 1.54) is 0 Å². The third-order valence-corrected chi connectivity index (χ3v) is 6.19. The van der Waals surface area contributed by atoms with E-state index in [0.717, 1.165) is 22.4 Å². The largest absolute Gasteiger partial charge is 0.497 e. The number of hydrogen-bond donors (Lipinski definition) is 2. The molecule has 2 aromatic carbocycles. The van der Waals surface area contributed by atoms with Crippen LogP contribution in [0, 0.1) is 6.92 Å². The zero-order valence-electron chi connectivity index (χ0n) is 18.2. The number of aromatic nitrogens is 1. The Balaban J connectivity index is 1.47. The average molecular weight is 442 g/mol. The van der Waals surface area contributed by atoms with E-state index in [2.05, 4.69) is 15.6 Å². The van der Waals surface area contributed by atoms with Crippen LogP contribution in [0.15, 0.2) is 60.8 Å². The van der Waals surface area contributed by atoms with Crippen molar-refractivity contribution in [3.05, 3.63) is 83.2 Å². The van der Waals surface area contributed by atoms with Gasteiger partial charge in [-0.15, -0.1) is 0 Å². The highest BCUT2D eigenvalue weighted by molar-refractivity contribution is 6.08. The molecule has 33 heavy (non-hydrogen) atoms. The fraction of sp³-hybridized carbons (Fsp3) is 0.200. The van der Waals surface area contributed by atoms with Gasteiger partial charge in [0.05, 0.1) is 13.7 Å². The van der Waals surface area contributed by atoms with Crippen LogP contribution in [0.4, 0.5) is 4.79 Å². The molecule has 2 aliphatic heterocycles. The number of amides is 4. The highest BCUT2D eigenvalue weighted by atomic mass is 16.5. The van der Waals surface area contributed by atoms with E-state index in [1.807, 2.05) is 37.3 Å². The molecule has 2 N–H and O–H groups in total. The first-order valence-electron chi connectivity index (χ1n) is 10.5. The first-order chi connectivity index (χ1) is 15.9. The summed E-state index contributed by atoms with van der Waals surface area (Å²) in [4.78, 5) is 44.2. The van der Waals surface area contributed by atoms with Gasteiger partial charge in [-0.05, 0) is 41.8 Å². The van der Waals surface area contributed by atoms with Crippen molar-refractivity contribution in [3.8, 4) is 16.9 Å². The molecule has 8 heteroatoms. The van der Waals surface area contributed by atoms with Crippen molar-refractivity contribution in [2.75, 3.05) is 13.7 Å². The maximum Gasteiger partial charge on any atom is 0.322 e. The summed E-state index contributed by atoms with van der Waals surface area (Å²) in [5, 5.41) is 5.10. The Bertz CT molecular complexity index is 1270. The van der Waals surface area contributed by atoms with Crippen LogP contribution in [-0.2, 0) is 16.9 Å². The maximum atomic E-state index is 13.1. The predicted molar refractivity (Wildman–Crippen MR) is 120 cm³/mol. The third-order valence-electron chi connectivity index (χ3n) is 6.19. The van der Waals surface area contributed by atoms with Crippen LogP contribution in [0.2, 0.25) is 0 Å². The number of methoxy groups -OCH3 is 1. The Hall–Kier alpha value is -4.20. The molecule has 0 radical (unpaired) electrons. The lowest BCUT2D eigenvalue weighted by molar-refractivity contribution is -0.124. The van der Waals surface area contributed by atoms with Gasteiger partial charge in [-0.25, -0.2) is 4.79 Å². The number of benzene rings is 2. The molecule has 1 saturated heterocycles. The fourth-order valence-electron chi connectivity index (χ4n) is 4.36. The first kappa shape index (κ1) is 20.7. The summed E-state index contributed by atoms with van der Waals surface area (Å²) in [5.41, 5.74) is 3.40. The van der Waals surface area contributed by atoms with Crippen LogP contribution in [0.3, 0.4) is 0 Å². The highest BCUT2D eigenvalue weighted by Gasteiger charge is 2.50. The van der Waals surface area contributed by atoms with Crippen LogP contribution in [0.1, 0.15) is 27.2 Å². The first-order valence-corrected chi connectivity index (χ1v) is 10.5. The Morgan fingerprint density at radius 2 is 1.79 bits per heavy atom. The maximum absolute atomic E-state index is 13.1. The van der Waals surface area contributed by atoms with E-state index in [1.54, 1.807) is 42.5 Å². The summed E-state index contributed by atoms with van der Waals surface area (Å²) >= 11 is 0. The van der Waals surface area contributed by atoms with Crippen LogP contribution in [0.25, 0.3) is 11.1 Å². The molecule has 1 fully saturated rings. The SMILES string of the molecule is COc1ccc2c(c1)C(=O)N(C[C@@]1(c3ccc(-c4ccc(C)nc4)cc3)NC(=O)NC1=O)C2. The number of aryl methyl sites for hydroxylation is 1. The second kappa shape index (κ2) is 7.74. The normalized spacial score (nSPS) is 19.3. The summed E-state index contributed by atoms with van der Waals surface area (Å²) < 4.78 is 5.23. The molecular weight excluding hydrogens is 420 g/mol. The van der Waals surface area contributed by atoms with E-state index in [9.17, 15) is 14.4 Å². The highest BCUT2D eigenvalue weighted by Crippen LogP contribution is 2.33. The molecule has 0 unspecified atom stereocenters. The topological polar surface area (TPSA) is 101 Å². The number of carbonyl (C=O) groups is 3. The molecule has 1 aromatic heterocycles. The second-order valence-electron chi connectivity index (χ2n) is 8.26. The lowest BCUT2D eigenvalue weighted by Crippen LogP contribution is -2.52. The van der Waals surface area contributed by atoms with Crippen molar-refractivity contribution in [1.82, 2.24) is 20.5 Å². The lowest BCUT2D eigenvalue weighted by Gasteiger charge is -2.31. The van der Waals surface area contributed by atoms with Gasteiger partial charge < -0.3 is 15.0 Å². The van der Waals surface area contributed by atoms with Crippen LogP contribution in [0.5, 0.6) is 5.75 Å². The fourth-order valence-corrected chi connectivity index (χ4v) is 4.36. The molecule has 0 saturated carbocycles. The number of fused-ring (bicyclic) bond motifs is 1. The molecule has 0 bridgehead atoms. The van der Waals surface area contributed by atoms with Crippen molar-refractivity contribution in [1.29, 1.82) is 0 Å². The van der Waals surface area contributed by atoms with Gasteiger partial charge in [0, 0.05) is 29.6 Å².